The van der Waals surface area contributed by atoms with Crippen molar-refractivity contribution in [1.29, 1.82) is 0 Å². The number of aromatic nitrogens is 2. The Bertz CT molecular complexity index is 623. The van der Waals surface area contributed by atoms with Gasteiger partial charge in [0.25, 0.3) is 5.56 Å². The van der Waals surface area contributed by atoms with Crippen LogP contribution in [0, 0.1) is 0 Å². The van der Waals surface area contributed by atoms with Crippen molar-refractivity contribution in [3.8, 4) is 5.75 Å². The molecular weight excluding hydrogens is 244 g/mol. The van der Waals surface area contributed by atoms with E-state index < -0.39 is 0 Å². The molecule has 0 unspecified atom stereocenters. The molecule has 0 saturated heterocycles. The number of hydrogen-bond donors (Lipinski definition) is 1. The normalized spacial score (nSPS) is 10.4. The van der Waals surface area contributed by atoms with Crippen molar-refractivity contribution in [3.05, 3.63) is 51.9 Å². The molecule has 0 spiro atoms. The van der Waals surface area contributed by atoms with Crippen LogP contribution in [0.25, 0.3) is 0 Å². The Balaban J connectivity index is 2.21. The maximum absolute atomic E-state index is 12.0. The summed E-state index contributed by atoms with van der Waals surface area (Å²) in [6.45, 7) is 2.14. The number of H-pyrrole nitrogens is 1. The first-order valence-corrected chi connectivity index (χ1v) is 6.10. The van der Waals surface area contributed by atoms with E-state index in [1.807, 2.05) is 24.3 Å². The van der Waals surface area contributed by atoms with Crippen LogP contribution < -0.4 is 10.3 Å². The van der Waals surface area contributed by atoms with Gasteiger partial charge < -0.3 is 9.84 Å². The molecule has 1 aromatic carbocycles. The fraction of sp³-hybridized carbons (Fsp3) is 0.286. The highest BCUT2D eigenvalue weighted by atomic mass is 16.5. The number of benzene rings is 1. The summed E-state index contributed by atoms with van der Waals surface area (Å²) in [5, 5.41) is 2.82. The Hall–Kier alpha value is -2.30. The lowest BCUT2D eigenvalue weighted by Gasteiger charge is -2.03. The predicted molar refractivity (Wildman–Crippen MR) is 71.8 cm³/mol. The van der Waals surface area contributed by atoms with Gasteiger partial charge in [-0.25, -0.2) is 4.68 Å². The van der Waals surface area contributed by atoms with Crippen molar-refractivity contribution < 1.29 is 9.53 Å². The molecule has 0 radical (unpaired) electrons. The molecule has 2 aromatic rings. The molecule has 0 aliphatic heterocycles. The molecule has 1 heterocycles. The van der Waals surface area contributed by atoms with Crippen molar-refractivity contribution in [2.24, 2.45) is 0 Å². The van der Waals surface area contributed by atoms with Crippen molar-refractivity contribution in [3.63, 3.8) is 0 Å². The second kappa shape index (κ2) is 5.56. The summed E-state index contributed by atoms with van der Waals surface area (Å²) in [5.41, 5.74) is 0.902. The second-order valence-corrected chi connectivity index (χ2v) is 4.20. The van der Waals surface area contributed by atoms with Crippen molar-refractivity contribution in [2.75, 3.05) is 7.11 Å². The molecule has 0 fully saturated rings. The van der Waals surface area contributed by atoms with E-state index in [1.54, 1.807) is 14.0 Å². The van der Waals surface area contributed by atoms with Gasteiger partial charge in [-0.2, -0.15) is 0 Å². The minimum atomic E-state index is -0.275. The summed E-state index contributed by atoms with van der Waals surface area (Å²) in [4.78, 5) is 23.5. The minimum absolute atomic E-state index is 0.144. The first-order valence-electron chi connectivity index (χ1n) is 6.10. The SMILES string of the molecule is CCC(=O)c1c[nH]n(Cc2ccc(OC)cc2)c1=O. The van der Waals surface area contributed by atoms with Gasteiger partial charge in [0.1, 0.15) is 11.3 Å². The monoisotopic (exact) mass is 260 g/mol. The first kappa shape index (κ1) is 13.1. The van der Waals surface area contributed by atoms with Gasteiger partial charge in [-0.1, -0.05) is 19.1 Å². The molecule has 0 aliphatic rings. The molecule has 1 aromatic heterocycles. The summed E-state index contributed by atoms with van der Waals surface area (Å²) < 4.78 is 6.49. The fourth-order valence-corrected chi connectivity index (χ4v) is 1.83. The van der Waals surface area contributed by atoms with Gasteiger partial charge in [0.15, 0.2) is 5.78 Å². The molecule has 0 atom stereocenters. The van der Waals surface area contributed by atoms with E-state index in [0.717, 1.165) is 11.3 Å². The van der Waals surface area contributed by atoms with E-state index in [2.05, 4.69) is 5.10 Å². The number of ketones is 1. The van der Waals surface area contributed by atoms with Crippen LogP contribution in [0.2, 0.25) is 0 Å². The number of Topliss-reactive ketones (excluding diaryl/α,β-unsaturated/α-hetero) is 1. The van der Waals surface area contributed by atoms with Crippen molar-refractivity contribution >= 4 is 5.78 Å². The van der Waals surface area contributed by atoms with Crippen molar-refractivity contribution in [1.82, 2.24) is 9.78 Å². The number of methoxy groups -OCH3 is 1. The Morgan fingerprint density at radius 2 is 2.00 bits per heavy atom. The summed E-state index contributed by atoms with van der Waals surface area (Å²) in [5.74, 6) is 0.624. The van der Waals surface area contributed by atoms with E-state index in [0.29, 0.717) is 13.0 Å². The topological polar surface area (TPSA) is 64.1 Å². The summed E-state index contributed by atoms with van der Waals surface area (Å²) in [6, 6.07) is 7.43. The quantitative estimate of drug-likeness (QED) is 0.834. The number of hydrogen-bond acceptors (Lipinski definition) is 3. The number of rotatable bonds is 5. The summed E-state index contributed by atoms with van der Waals surface area (Å²) in [6.07, 6.45) is 1.80. The molecule has 0 aliphatic carbocycles. The van der Waals surface area contributed by atoms with Crippen LogP contribution in [0.4, 0.5) is 0 Å². The lowest BCUT2D eigenvalue weighted by molar-refractivity contribution is 0.0987. The van der Waals surface area contributed by atoms with Crippen LogP contribution in [-0.2, 0) is 6.54 Å². The van der Waals surface area contributed by atoms with Gasteiger partial charge >= 0.3 is 0 Å². The van der Waals surface area contributed by atoms with Crippen LogP contribution in [-0.4, -0.2) is 22.7 Å². The molecular formula is C14H16N2O3. The predicted octanol–water partition coefficient (Wildman–Crippen LogP) is 1.83. The number of ether oxygens (including phenoxy) is 1. The Morgan fingerprint density at radius 1 is 1.32 bits per heavy atom. The average molecular weight is 260 g/mol. The van der Waals surface area contributed by atoms with Crippen LogP contribution >= 0.6 is 0 Å². The lowest BCUT2D eigenvalue weighted by atomic mass is 10.2. The Labute approximate surface area is 110 Å². The molecule has 100 valence electrons. The van der Waals surface area contributed by atoms with E-state index in [4.69, 9.17) is 4.74 Å². The van der Waals surface area contributed by atoms with Gasteiger partial charge in [0, 0.05) is 12.6 Å². The summed E-state index contributed by atoms with van der Waals surface area (Å²) >= 11 is 0. The third-order valence-electron chi connectivity index (χ3n) is 2.96. The zero-order valence-electron chi connectivity index (χ0n) is 11.0. The lowest BCUT2D eigenvalue weighted by Crippen LogP contribution is -2.21. The highest BCUT2D eigenvalue weighted by Crippen LogP contribution is 2.11. The van der Waals surface area contributed by atoms with E-state index >= 15 is 0 Å². The van der Waals surface area contributed by atoms with Crippen LogP contribution in [0.15, 0.2) is 35.3 Å². The van der Waals surface area contributed by atoms with Crippen LogP contribution in [0.3, 0.4) is 0 Å². The van der Waals surface area contributed by atoms with Crippen LogP contribution in [0.1, 0.15) is 29.3 Å². The Morgan fingerprint density at radius 3 is 2.58 bits per heavy atom. The first-order chi connectivity index (χ1) is 9.15. The molecule has 2 rings (SSSR count). The third-order valence-corrected chi connectivity index (χ3v) is 2.96. The minimum Gasteiger partial charge on any atom is -0.497 e. The molecule has 1 N–H and O–H groups in total. The number of nitrogens with one attached hydrogen (secondary N) is 1. The molecule has 0 bridgehead atoms. The maximum atomic E-state index is 12.0. The number of carbonyl (C=O) groups is 1. The highest BCUT2D eigenvalue weighted by Gasteiger charge is 2.12. The molecule has 0 saturated carbocycles. The Kier molecular flexibility index (Phi) is 3.85. The molecule has 19 heavy (non-hydrogen) atoms. The van der Waals surface area contributed by atoms with Gasteiger partial charge in [-0.3, -0.25) is 9.59 Å². The van der Waals surface area contributed by atoms with E-state index in [1.165, 1.54) is 10.9 Å². The van der Waals surface area contributed by atoms with E-state index in [-0.39, 0.29) is 16.9 Å². The fourth-order valence-electron chi connectivity index (χ4n) is 1.83. The zero-order valence-corrected chi connectivity index (χ0v) is 11.0. The smallest absolute Gasteiger partial charge is 0.277 e. The van der Waals surface area contributed by atoms with Gasteiger partial charge in [-0.05, 0) is 17.7 Å². The number of aromatic amines is 1. The third kappa shape index (κ3) is 2.76. The van der Waals surface area contributed by atoms with Gasteiger partial charge in [-0.15, -0.1) is 0 Å². The molecule has 5 heteroatoms. The second-order valence-electron chi connectivity index (χ2n) is 4.20. The van der Waals surface area contributed by atoms with Gasteiger partial charge in [0.2, 0.25) is 0 Å². The van der Waals surface area contributed by atoms with Crippen LogP contribution in [0.5, 0.6) is 5.75 Å². The highest BCUT2D eigenvalue weighted by molar-refractivity contribution is 5.95. The average Bonchev–Trinajstić information content (AvgIpc) is 2.80. The molecule has 0 amide bonds. The maximum Gasteiger partial charge on any atom is 0.277 e. The number of carbonyl (C=O) groups excluding carboxylic acids is 1. The van der Waals surface area contributed by atoms with E-state index in [9.17, 15) is 9.59 Å². The zero-order chi connectivity index (χ0) is 13.8. The number of nitrogens with zero attached hydrogens (tertiary/aromatic N) is 1. The van der Waals surface area contributed by atoms with Gasteiger partial charge in [0.05, 0.1) is 13.7 Å². The van der Waals surface area contributed by atoms with Crippen molar-refractivity contribution in [2.45, 2.75) is 19.9 Å². The molecule has 5 nitrogen and oxygen atoms in total. The largest absolute Gasteiger partial charge is 0.497 e. The standard InChI is InChI=1S/C14H16N2O3/c1-3-13(17)12-8-15-16(14(12)18)9-10-4-6-11(19-2)7-5-10/h4-8,15H,3,9H2,1-2H3. The summed E-state index contributed by atoms with van der Waals surface area (Å²) in [7, 11) is 1.60.